The summed E-state index contributed by atoms with van der Waals surface area (Å²) >= 11 is 5.00. The molecule has 8 nitrogen and oxygen atoms in total. The van der Waals surface area contributed by atoms with Crippen LogP contribution in [-0.2, 0) is 4.74 Å². The van der Waals surface area contributed by atoms with Gasteiger partial charge in [0, 0.05) is 10.2 Å². The van der Waals surface area contributed by atoms with Crippen LogP contribution in [0, 0.1) is 0 Å². The molecule has 1 aromatic carbocycles. The van der Waals surface area contributed by atoms with E-state index in [0.717, 1.165) is 20.4 Å². The van der Waals surface area contributed by atoms with Gasteiger partial charge in [-0.3, -0.25) is 0 Å². The van der Waals surface area contributed by atoms with Gasteiger partial charge in [0.25, 0.3) is 0 Å². The Balaban J connectivity index is 1.51. The third kappa shape index (κ3) is 4.23. The van der Waals surface area contributed by atoms with Crippen LogP contribution in [0.5, 0.6) is 0 Å². The van der Waals surface area contributed by atoms with E-state index in [9.17, 15) is 15.3 Å². The molecule has 1 fully saturated rings. The van der Waals surface area contributed by atoms with Crippen LogP contribution < -0.4 is 0 Å². The second-order valence-electron chi connectivity index (χ2n) is 6.50. The number of hydrogen-bond acceptors (Lipinski definition) is 8. The van der Waals surface area contributed by atoms with Gasteiger partial charge in [-0.1, -0.05) is 40.2 Å². The Bertz CT molecular complexity index is 1030. The maximum atomic E-state index is 10.3. The number of aliphatic hydroxyl groups is 3. The van der Waals surface area contributed by atoms with Crippen LogP contribution in [0.1, 0.15) is 11.8 Å². The monoisotopic (exact) mass is 478 g/mol. The van der Waals surface area contributed by atoms with Crippen molar-refractivity contribution in [1.82, 2.24) is 19.7 Å². The summed E-state index contributed by atoms with van der Waals surface area (Å²) in [6, 6.07) is 8.03. The molecule has 0 aliphatic carbocycles. The molecule has 3 aromatic rings. The minimum atomic E-state index is -1.21. The molecule has 3 heterocycles. The number of thioether (sulfide) groups is 1. The molecule has 3 N–H and O–H groups in total. The maximum absolute atomic E-state index is 10.3. The highest BCUT2D eigenvalue weighted by molar-refractivity contribution is 9.10. The second-order valence-corrected chi connectivity index (χ2v) is 8.43. The van der Waals surface area contributed by atoms with Gasteiger partial charge in [0.1, 0.15) is 29.7 Å². The molecule has 1 unspecified atom stereocenters. The Labute approximate surface area is 179 Å². The predicted molar refractivity (Wildman–Crippen MR) is 112 cm³/mol. The van der Waals surface area contributed by atoms with E-state index >= 15 is 0 Å². The number of hydrogen-bond donors (Lipinski definition) is 3. The zero-order valence-corrected chi connectivity index (χ0v) is 17.6. The van der Waals surface area contributed by atoms with Gasteiger partial charge in [0.2, 0.25) is 0 Å². The molecule has 0 amide bonds. The van der Waals surface area contributed by atoms with Gasteiger partial charge in [0.15, 0.2) is 11.9 Å². The van der Waals surface area contributed by atoms with E-state index in [1.165, 1.54) is 22.8 Å². The molecular weight excluding hydrogens is 460 g/mol. The van der Waals surface area contributed by atoms with E-state index in [1.807, 2.05) is 30.3 Å². The van der Waals surface area contributed by atoms with Gasteiger partial charge >= 0.3 is 0 Å². The van der Waals surface area contributed by atoms with Gasteiger partial charge in [-0.05, 0) is 17.7 Å². The fourth-order valence-electron chi connectivity index (χ4n) is 3.15. The fourth-order valence-corrected chi connectivity index (χ4v) is 4.33. The lowest BCUT2D eigenvalue weighted by atomic mass is 10.1. The van der Waals surface area contributed by atoms with Crippen LogP contribution in [-0.4, -0.2) is 65.7 Å². The molecule has 0 saturated carbocycles. The van der Waals surface area contributed by atoms with Crippen molar-refractivity contribution in [3.8, 4) is 0 Å². The van der Waals surface area contributed by atoms with Gasteiger partial charge < -0.3 is 20.1 Å². The molecule has 1 aliphatic heterocycles. The zero-order chi connectivity index (χ0) is 20.4. The first-order valence-electron chi connectivity index (χ1n) is 8.94. The minimum Gasteiger partial charge on any atom is -0.394 e. The van der Waals surface area contributed by atoms with Crippen LogP contribution in [0.3, 0.4) is 0 Å². The molecule has 4 atom stereocenters. The zero-order valence-electron chi connectivity index (χ0n) is 15.2. The van der Waals surface area contributed by atoms with Crippen LogP contribution in [0.2, 0.25) is 0 Å². The molecule has 0 radical (unpaired) electrons. The molecular formula is C19H19BrN4O4S. The normalized spacial score (nSPS) is 24.7. The topological polar surface area (TPSA) is 114 Å². The number of ether oxygens (including phenoxy) is 1. The van der Waals surface area contributed by atoms with E-state index in [4.69, 9.17) is 4.74 Å². The summed E-state index contributed by atoms with van der Waals surface area (Å²) in [5.41, 5.74) is 1.60. The van der Waals surface area contributed by atoms with Crippen molar-refractivity contribution in [1.29, 1.82) is 0 Å². The van der Waals surface area contributed by atoms with Crippen molar-refractivity contribution in [3.05, 3.63) is 52.9 Å². The third-order valence-corrected chi connectivity index (χ3v) is 6.04. The minimum absolute atomic E-state index is 0.395. The Morgan fingerprint density at radius 3 is 2.86 bits per heavy atom. The average Bonchev–Trinajstić information content (AvgIpc) is 3.27. The molecule has 10 heteroatoms. The first kappa shape index (κ1) is 20.5. The van der Waals surface area contributed by atoms with Crippen molar-refractivity contribution in [2.75, 3.05) is 12.4 Å². The lowest BCUT2D eigenvalue weighted by Crippen LogP contribution is -2.33. The Morgan fingerprint density at radius 1 is 1.24 bits per heavy atom. The first-order chi connectivity index (χ1) is 14.1. The first-order valence-corrected chi connectivity index (χ1v) is 10.7. The highest BCUT2D eigenvalue weighted by Gasteiger charge is 2.44. The third-order valence-electron chi connectivity index (χ3n) is 4.59. The molecule has 1 aliphatic rings. The molecule has 2 aromatic heterocycles. The van der Waals surface area contributed by atoms with Gasteiger partial charge in [-0.2, -0.15) is 5.10 Å². The summed E-state index contributed by atoms with van der Waals surface area (Å²) in [6.07, 6.45) is 2.94. The smallest absolute Gasteiger partial charge is 0.181 e. The van der Waals surface area contributed by atoms with Crippen molar-refractivity contribution in [2.45, 2.75) is 29.6 Å². The average molecular weight is 479 g/mol. The van der Waals surface area contributed by atoms with Crippen molar-refractivity contribution >= 4 is 44.8 Å². The highest BCUT2D eigenvalue weighted by Crippen LogP contribution is 2.32. The predicted octanol–water partition coefficient (Wildman–Crippen LogP) is 2.01. The van der Waals surface area contributed by atoms with Crippen LogP contribution >= 0.6 is 27.7 Å². The lowest BCUT2D eigenvalue weighted by molar-refractivity contribution is -0.0566. The van der Waals surface area contributed by atoms with E-state index in [2.05, 4.69) is 37.1 Å². The van der Waals surface area contributed by atoms with E-state index < -0.39 is 31.1 Å². The van der Waals surface area contributed by atoms with Crippen LogP contribution in [0.15, 0.2) is 52.4 Å². The lowest BCUT2D eigenvalue weighted by Gasteiger charge is -2.15. The molecule has 0 spiro atoms. The number of nitrogens with zero attached hydrogens (tertiary/aromatic N) is 4. The highest BCUT2D eigenvalue weighted by atomic mass is 79.9. The Kier molecular flexibility index (Phi) is 6.28. The summed E-state index contributed by atoms with van der Waals surface area (Å²) < 4.78 is 8.00. The van der Waals surface area contributed by atoms with Crippen molar-refractivity contribution < 1.29 is 20.1 Å². The second kappa shape index (κ2) is 8.90. The summed E-state index contributed by atoms with van der Waals surface area (Å²) in [5.74, 6) is 0.706. The van der Waals surface area contributed by atoms with Crippen LogP contribution in [0.4, 0.5) is 0 Å². The molecule has 29 heavy (non-hydrogen) atoms. The summed E-state index contributed by atoms with van der Waals surface area (Å²) in [5, 5.41) is 35.3. The molecule has 4 rings (SSSR count). The van der Waals surface area contributed by atoms with Gasteiger partial charge in [0.05, 0.1) is 18.2 Å². The van der Waals surface area contributed by atoms with E-state index in [-0.39, 0.29) is 0 Å². The molecule has 1 saturated heterocycles. The largest absolute Gasteiger partial charge is 0.394 e. The molecule has 152 valence electrons. The number of benzene rings is 1. The fraction of sp³-hybridized carbons (Fsp3) is 0.316. The number of rotatable bonds is 6. The summed E-state index contributed by atoms with van der Waals surface area (Å²) in [4.78, 5) is 8.59. The number of aromatic nitrogens is 4. The van der Waals surface area contributed by atoms with Crippen LogP contribution in [0.25, 0.3) is 17.1 Å². The Hall–Kier alpha value is -1.82. The van der Waals surface area contributed by atoms with Crippen molar-refractivity contribution in [3.63, 3.8) is 0 Å². The summed E-state index contributed by atoms with van der Waals surface area (Å²) in [7, 11) is 0. The van der Waals surface area contributed by atoms with Gasteiger partial charge in [-0.25, -0.2) is 14.6 Å². The van der Waals surface area contributed by atoms with E-state index in [1.54, 1.807) is 6.20 Å². The quantitative estimate of drug-likeness (QED) is 0.364. The van der Waals surface area contributed by atoms with E-state index in [0.29, 0.717) is 11.4 Å². The number of aliphatic hydroxyl groups excluding tert-OH is 3. The Morgan fingerprint density at radius 2 is 2.10 bits per heavy atom. The summed E-state index contributed by atoms with van der Waals surface area (Å²) in [6.45, 7) is -0.395. The van der Waals surface area contributed by atoms with Crippen molar-refractivity contribution in [2.24, 2.45) is 0 Å². The SMILES string of the molecule is OC[C@H]1OC(n2ncc3c(SC/C=C/c4cccc(Br)c4)ncnc32)[C@H](O)[C@@H]1O. The maximum Gasteiger partial charge on any atom is 0.181 e. The standard InChI is InChI=1S/C19H19BrN4O4S/c20-12-5-1-3-11(7-12)4-2-6-29-18-13-8-23-24(17(13)21-10-22-18)19-16(27)15(26)14(9-25)28-19/h1-5,7-8,10,14-16,19,25-27H,6,9H2/b4-2+/t14-,15-,16-,19?/m1/s1. The number of halogens is 1. The molecule has 0 bridgehead atoms. The van der Waals surface area contributed by atoms with Gasteiger partial charge in [-0.15, -0.1) is 11.8 Å². The number of fused-ring (bicyclic) bond motifs is 1.